The molecular formula is C12H10BrClN2OS. The summed E-state index contributed by atoms with van der Waals surface area (Å²) in [4.78, 5) is 12.5. The first-order valence-corrected chi connectivity index (χ1v) is 7.14. The summed E-state index contributed by atoms with van der Waals surface area (Å²) in [6.45, 7) is 1.87. The van der Waals surface area contributed by atoms with Crippen LogP contribution >= 0.6 is 38.9 Å². The molecule has 3 nitrogen and oxygen atoms in total. The minimum absolute atomic E-state index is 0.213. The zero-order chi connectivity index (χ0) is 13.3. The first-order valence-electron chi connectivity index (χ1n) is 5.09. The molecule has 1 amide bonds. The van der Waals surface area contributed by atoms with Gasteiger partial charge in [-0.15, -0.1) is 11.3 Å². The molecule has 0 aliphatic carbocycles. The van der Waals surface area contributed by atoms with E-state index in [1.807, 2.05) is 12.3 Å². The highest BCUT2D eigenvalue weighted by atomic mass is 79.9. The van der Waals surface area contributed by atoms with Crippen LogP contribution in [-0.2, 0) is 0 Å². The summed E-state index contributed by atoms with van der Waals surface area (Å²) in [6.07, 6.45) is 0. The molecule has 0 atom stereocenters. The molecule has 1 aromatic carbocycles. The van der Waals surface area contributed by atoms with Crippen molar-refractivity contribution < 1.29 is 4.79 Å². The zero-order valence-corrected chi connectivity index (χ0v) is 12.6. The molecule has 2 aromatic rings. The number of hydrogen-bond donors (Lipinski definition) is 2. The van der Waals surface area contributed by atoms with Crippen LogP contribution in [-0.4, -0.2) is 5.91 Å². The van der Waals surface area contributed by atoms with Crippen molar-refractivity contribution in [3.05, 3.63) is 43.5 Å². The molecule has 0 saturated heterocycles. The second kappa shape index (κ2) is 5.30. The van der Waals surface area contributed by atoms with Gasteiger partial charge >= 0.3 is 0 Å². The van der Waals surface area contributed by atoms with Gasteiger partial charge in [0.2, 0.25) is 0 Å². The zero-order valence-electron chi connectivity index (χ0n) is 9.46. The number of anilines is 2. The van der Waals surface area contributed by atoms with Gasteiger partial charge in [0.15, 0.2) is 0 Å². The molecule has 0 bridgehead atoms. The average Bonchev–Trinajstić information content (AvgIpc) is 2.65. The van der Waals surface area contributed by atoms with Gasteiger partial charge in [0, 0.05) is 15.8 Å². The van der Waals surface area contributed by atoms with Crippen LogP contribution in [0.5, 0.6) is 0 Å². The SMILES string of the molecule is Cc1csc(C(=O)Nc2ccc(N)c(Br)c2)c1Cl. The molecule has 0 fully saturated rings. The van der Waals surface area contributed by atoms with Gasteiger partial charge in [-0.1, -0.05) is 11.6 Å². The summed E-state index contributed by atoms with van der Waals surface area (Å²) in [5, 5.41) is 5.15. The highest BCUT2D eigenvalue weighted by molar-refractivity contribution is 9.10. The van der Waals surface area contributed by atoms with E-state index in [4.69, 9.17) is 17.3 Å². The molecule has 18 heavy (non-hydrogen) atoms. The lowest BCUT2D eigenvalue weighted by Gasteiger charge is -2.06. The summed E-state index contributed by atoms with van der Waals surface area (Å²) in [5.74, 6) is -0.213. The van der Waals surface area contributed by atoms with Gasteiger partial charge in [0.05, 0.1) is 5.02 Å². The maximum atomic E-state index is 12.0. The molecule has 1 aromatic heterocycles. The normalized spacial score (nSPS) is 10.4. The Labute approximate surface area is 122 Å². The Bertz CT molecular complexity index is 612. The monoisotopic (exact) mass is 344 g/mol. The lowest BCUT2D eigenvalue weighted by Crippen LogP contribution is -2.10. The molecule has 0 unspecified atom stereocenters. The van der Waals surface area contributed by atoms with Crippen LogP contribution < -0.4 is 11.1 Å². The smallest absolute Gasteiger partial charge is 0.267 e. The quantitative estimate of drug-likeness (QED) is 0.797. The predicted octanol–water partition coefficient (Wildman–Crippen LogP) is 4.31. The Morgan fingerprint density at radius 2 is 2.22 bits per heavy atom. The maximum absolute atomic E-state index is 12.0. The Morgan fingerprint density at radius 1 is 1.50 bits per heavy atom. The fourth-order valence-corrected chi connectivity index (χ4v) is 2.93. The minimum atomic E-state index is -0.213. The summed E-state index contributed by atoms with van der Waals surface area (Å²) < 4.78 is 0.744. The van der Waals surface area contributed by atoms with E-state index in [0.717, 1.165) is 10.0 Å². The third-order valence-corrected chi connectivity index (χ3v) is 4.75. The van der Waals surface area contributed by atoms with Gasteiger partial charge in [-0.2, -0.15) is 0 Å². The van der Waals surface area contributed by atoms with Crippen LogP contribution in [0.2, 0.25) is 5.02 Å². The van der Waals surface area contributed by atoms with Crippen molar-refractivity contribution in [2.75, 3.05) is 11.1 Å². The van der Waals surface area contributed by atoms with E-state index in [9.17, 15) is 4.79 Å². The molecular weight excluding hydrogens is 336 g/mol. The summed E-state index contributed by atoms with van der Waals surface area (Å²) in [5.41, 5.74) is 7.88. The van der Waals surface area contributed by atoms with Crippen molar-refractivity contribution in [2.45, 2.75) is 6.92 Å². The topological polar surface area (TPSA) is 55.1 Å². The van der Waals surface area contributed by atoms with E-state index in [1.54, 1.807) is 18.2 Å². The molecule has 1 heterocycles. The minimum Gasteiger partial charge on any atom is -0.398 e. The number of carbonyl (C=O) groups excluding carboxylic acids is 1. The number of thiophene rings is 1. The van der Waals surface area contributed by atoms with Crippen molar-refractivity contribution in [3.8, 4) is 0 Å². The highest BCUT2D eigenvalue weighted by Crippen LogP contribution is 2.29. The third-order valence-electron chi connectivity index (χ3n) is 2.36. The van der Waals surface area contributed by atoms with Crippen LogP contribution in [0.15, 0.2) is 28.1 Å². The largest absolute Gasteiger partial charge is 0.398 e. The van der Waals surface area contributed by atoms with Crippen molar-refractivity contribution in [2.24, 2.45) is 0 Å². The number of nitrogen functional groups attached to an aromatic ring is 1. The number of amides is 1. The lowest BCUT2D eigenvalue weighted by molar-refractivity contribution is 0.103. The van der Waals surface area contributed by atoms with E-state index in [0.29, 0.717) is 21.3 Å². The highest BCUT2D eigenvalue weighted by Gasteiger charge is 2.14. The fraction of sp³-hybridized carbons (Fsp3) is 0.0833. The molecule has 0 saturated carbocycles. The Morgan fingerprint density at radius 3 is 2.78 bits per heavy atom. The standard InChI is InChI=1S/C12H10BrClN2OS/c1-6-5-18-11(10(6)14)12(17)16-7-2-3-9(15)8(13)4-7/h2-5H,15H2,1H3,(H,16,17). The van der Waals surface area contributed by atoms with Gasteiger partial charge < -0.3 is 11.1 Å². The Kier molecular flexibility index (Phi) is 3.94. The van der Waals surface area contributed by atoms with Crippen molar-refractivity contribution in [3.63, 3.8) is 0 Å². The number of aryl methyl sites for hydroxylation is 1. The first-order chi connectivity index (χ1) is 8.49. The van der Waals surface area contributed by atoms with Crippen LogP contribution in [0.3, 0.4) is 0 Å². The number of nitrogens with two attached hydrogens (primary N) is 1. The fourth-order valence-electron chi connectivity index (χ4n) is 1.38. The number of halogens is 2. The van der Waals surface area contributed by atoms with Gasteiger partial charge in [-0.3, -0.25) is 4.79 Å². The van der Waals surface area contributed by atoms with E-state index >= 15 is 0 Å². The van der Waals surface area contributed by atoms with E-state index < -0.39 is 0 Å². The van der Waals surface area contributed by atoms with Gasteiger partial charge in [-0.05, 0) is 52.0 Å². The molecule has 0 aliphatic heterocycles. The third kappa shape index (κ3) is 2.68. The van der Waals surface area contributed by atoms with E-state index in [2.05, 4.69) is 21.2 Å². The number of carbonyl (C=O) groups is 1. The number of nitrogens with one attached hydrogen (secondary N) is 1. The van der Waals surface area contributed by atoms with Gasteiger partial charge in [-0.25, -0.2) is 0 Å². The Balaban J connectivity index is 2.21. The predicted molar refractivity (Wildman–Crippen MR) is 80.6 cm³/mol. The molecule has 3 N–H and O–H groups in total. The lowest BCUT2D eigenvalue weighted by atomic mass is 10.2. The molecule has 6 heteroatoms. The summed E-state index contributed by atoms with van der Waals surface area (Å²) >= 11 is 10.7. The first kappa shape index (κ1) is 13.4. The van der Waals surface area contributed by atoms with E-state index in [-0.39, 0.29) is 5.91 Å². The van der Waals surface area contributed by atoms with Crippen molar-refractivity contribution >= 4 is 56.1 Å². The number of hydrogen-bond acceptors (Lipinski definition) is 3. The van der Waals surface area contributed by atoms with Crippen LogP contribution in [0.25, 0.3) is 0 Å². The molecule has 0 aliphatic rings. The number of rotatable bonds is 2. The second-order valence-corrected chi connectivity index (χ2v) is 5.86. The summed E-state index contributed by atoms with van der Waals surface area (Å²) in [6, 6.07) is 5.22. The van der Waals surface area contributed by atoms with Crippen molar-refractivity contribution in [1.82, 2.24) is 0 Å². The van der Waals surface area contributed by atoms with Crippen LogP contribution in [0.4, 0.5) is 11.4 Å². The van der Waals surface area contributed by atoms with Crippen LogP contribution in [0.1, 0.15) is 15.2 Å². The van der Waals surface area contributed by atoms with Gasteiger partial charge in [0.1, 0.15) is 4.88 Å². The summed E-state index contributed by atoms with van der Waals surface area (Å²) in [7, 11) is 0. The molecule has 0 radical (unpaired) electrons. The average molecular weight is 346 g/mol. The second-order valence-electron chi connectivity index (χ2n) is 3.75. The van der Waals surface area contributed by atoms with E-state index in [1.165, 1.54) is 11.3 Å². The van der Waals surface area contributed by atoms with Crippen molar-refractivity contribution in [1.29, 1.82) is 0 Å². The molecule has 0 spiro atoms. The van der Waals surface area contributed by atoms with Gasteiger partial charge in [0.25, 0.3) is 5.91 Å². The molecule has 94 valence electrons. The van der Waals surface area contributed by atoms with Crippen LogP contribution in [0, 0.1) is 6.92 Å². The maximum Gasteiger partial charge on any atom is 0.267 e. The number of benzene rings is 1. The molecule has 2 rings (SSSR count). The Hall–Kier alpha value is -1.04.